The van der Waals surface area contributed by atoms with E-state index < -0.39 is 51.3 Å². The Morgan fingerprint density at radius 1 is 1.21 bits per heavy atom. The van der Waals surface area contributed by atoms with Crippen LogP contribution in [0.5, 0.6) is 0 Å². The third-order valence-electron chi connectivity index (χ3n) is 2.92. The molecule has 0 aliphatic carbocycles. The van der Waals surface area contributed by atoms with E-state index in [1.54, 1.807) is 20.8 Å². The van der Waals surface area contributed by atoms with Crippen molar-refractivity contribution in [3.8, 4) is 0 Å². The number of nitrogens with one attached hydrogen (secondary N) is 1. The molecule has 1 atom stereocenters. The van der Waals surface area contributed by atoms with E-state index in [-0.39, 0.29) is 4.90 Å². The van der Waals surface area contributed by atoms with Gasteiger partial charge in [-0.2, -0.15) is 0 Å². The largest absolute Gasteiger partial charge is 0.453 e. The standard InChI is InChI=1S/C16H22FNO5S/c1-11(15(20)18-16(2,3)4)23-14(19)9-10-24(21,22)13-7-5-12(17)6-8-13/h5-8,11H,9-10H2,1-4H3,(H,18,20)/t11-/m0/s1. The fourth-order valence-electron chi connectivity index (χ4n) is 1.76. The molecule has 8 heteroatoms. The molecular weight excluding hydrogens is 337 g/mol. The molecule has 0 aliphatic rings. The molecule has 0 saturated heterocycles. The molecule has 24 heavy (non-hydrogen) atoms. The van der Waals surface area contributed by atoms with Crippen LogP contribution < -0.4 is 5.32 Å². The summed E-state index contributed by atoms with van der Waals surface area (Å²) in [6.45, 7) is 6.77. The van der Waals surface area contributed by atoms with Gasteiger partial charge in [-0.15, -0.1) is 0 Å². The Kier molecular flexibility index (Phi) is 6.48. The van der Waals surface area contributed by atoms with Crippen molar-refractivity contribution in [2.45, 2.75) is 50.7 Å². The van der Waals surface area contributed by atoms with Crippen molar-refractivity contribution < 1.29 is 27.1 Å². The molecule has 6 nitrogen and oxygen atoms in total. The second-order valence-corrected chi connectivity index (χ2v) is 8.50. The summed E-state index contributed by atoms with van der Waals surface area (Å²) in [6.07, 6.45) is -1.42. The average molecular weight is 359 g/mol. The van der Waals surface area contributed by atoms with Gasteiger partial charge in [-0.25, -0.2) is 12.8 Å². The number of hydrogen-bond acceptors (Lipinski definition) is 5. The quantitative estimate of drug-likeness (QED) is 0.618. The highest BCUT2D eigenvalue weighted by Crippen LogP contribution is 2.13. The lowest BCUT2D eigenvalue weighted by Gasteiger charge is -2.23. The molecule has 1 rings (SSSR count). The number of rotatable bonds is 6. The van der Waals surface area contributed by atoms with Gasteiger partial charge in [0.15, 0.2) is 15.9 Å². The molecule has 0 unspecified atom stereocenters. The highest BCUT2D eigenvalue weighted by Gasteiger charge is 2.23. The van der Waals surface area contributed by atoms with Crippen LogP contribution in [0.3, 0.4) is 0 Å². The van der Waals surface area contributed by atoms with Crippen molar-refractivity contribution in [1.29, 1.82) is 0 Å². The zero-order valence-corrected chi connectivity index (χ0v) is 14.9. The van der Waals surface area contributed by atoms with Crippen molar-refractivity contribution in [2.75, 3.05) is 5.75 Å². The minimum absolute atomic E-state index is 0.0739. The first-order valence-corrected chi connectivity index (χ1v) is 9.06. The molecule has 0 heterocycles. The summed E-state index contributed by atoms with van der Waals surface area (Å²) in [5, 5.41) is 2.66. The zero-order chi connectivity index (χ0) is 18.5. The lowest BCUT2D eigenvalue weighted by atomic mass is 10.1. The molecule has 1 aromatic carbocycles. The van der Waals surface area contributed by atoms with Crippen LogP contribution in [0.1, 0.15) is 34.1 Å². The van der Waals surface area contributed by atoms with Crippen LogP contribution in [0.25, 0.3) is 0 Å². The van der Waals surface area contributed by atoms with Gasteiger partial charge in [0.25, 0.3) is 5.91 Å². The van der Waals surface area contributed by atoms with Crippen LogP contribution in [-0.4, -0.2) is 37.7 Å². The maximum atomic E-state index is 12.8. The highest BCUT2D eigenvalue weighted by molar-refractivity contribution is 7.91. The number of benzene rings is 1. The minimum Gasteiger partial charge on any atom is -0.453 e. The van der Waals surface area contributed by atoms with E-state index in [2.05, 4.69) is 5.32 Å². The van der Waals surface area contributed by atoms with Gasteiger partial charge in [0.1, 0.15) is 5.82 Å². The van der Waals surface area contributed by atoms with Crippen molar-refractivity contribution >= 4 is 21.7 Å². The second-order valence-electron chi connectivity index (χ2n) is 6.39. The number of hydrogen-bond donors (Lipinski definition) is 1. The van der Waals surface area contributed by atoms with Gasteiger partial charge in [0.05, 0.1) is 17.1 Å². The molecule has 0 aromatic heterocycles. The summed E-state index contributed by atoms with van der Waals surface area (Å²) < 4.78 is 41.8. The molecule has 0 bridgehead atoms. The third-order valence-corrected chi connectivity index (χ3v) is 4.66. The minimum atomic E-state index is -3.73. The van der Waals surface area contributed by atoms with E-state index in [9.17, 15) is 22.4 Å². The van der Waals surface area contributed by atoms with Crippen LogP contribution >= 0.6 is 0 Å². The van der Waals surface area contributed by atoms with Gasteiger partial charge in [0, 0.05) is 5.54 Å². The molecule has 0 saturated carbocycles. The van der Waals surface area contributed by atoms with Gasteiger partial charge in [0.2, 0.25) is 0 Å². The van der Waals surface area contributed by atoms with E-state index in [4.69, 9.17) is 4.74 Å². The van der Waals surface area contributed by atoms with Crippen LogP contribution in [0, 0.1) is 5.82 Å². The molecule has 0 aliphatic heterocycles. The molecule has 1 N–H and O–H groups in total. The summed E-state index contributed by atoms with van der Waals surface area (Å²) in [7, 11) is -3.73. The number of amides is 1. The van der Waals surface area contributed by atoms with Gasteiger partial charge in [-0.1, -0.05) is 0 Å². The van der Waals surface area contributed by atoms with Gasteiger partial charge in [-0.3, -0.25) is 9.59 Å². The fraction of sp³-hybridized carbons (Fsp3) is 0.500. The fourth-order valence-corrected chi connectivity index (χ4v) is 2.98. The molecule has 1 aromatic rings. The normalized spacial score (nSPS) is 13.2. The first-order valence-electron chi connectivity index (χ1n) is 7.40. The van der Waals surface area contributed by atoms with E-state index >= 15 is 0 Å². The SMILES string of the molecule is C[C@H](OC(=O)CCS(=O)(=O)c1ccc(F)cc1)C(=O)NC(C)(C)C. The summed E-state index contributed by atoms with van der Waals surface area (Å²) in [6, 6.07) is 4.33. The maximum absolute atomic E-state index is 12.8. The molecule has 0 radical (unpaired) electrons. The Labute approximate surface area is 141 Å². The molecular formula is C16H22FNO5S. The van der Waals surface area contributed by atoms with Crippen molar-refractivity contribution in [3.05, 3.63) is 30.1 Å². The molecule has 134 valence electrons. The monoisotopic (exact) mass is 359 g/mol. The number of halogens is 1. The predicted molar refractivity (Wildman–Crippen MR) is 86.5 cm³/mol. The van der Waals surface area contributed by atoms with E-state index in [0.29, 0.717) is 0 Å². The van der Waals surface area contributed by atoms with E-state index in [0.717, 1.165) is 24.3 Å². The third kappa shape index (κ3) is 6.66. The van der Waals surface area contributed by atoms with Crippen LogP contribution in [-0.2, 0) is 24.2 Å². The van der Waals surface area contributed by atoms with E-state index in [1.165, 1.54) is 6.92 Å². The first kappa shape index (κ1) is 20.1. The second kappa shape index (κ2) is 7.74. The molecule has 1 amide bonds. The number of ether oxygens (including phenoxy) is 1. The van der Waals surface area contributed by atoms with Gasteiger partial charge >= 0.3 is 5.97 Å². The van der Waals surface area contributed by atoms with Gasteiger partial charge < -0.3 is 10.1 Å². The van der Waals surface area contributed by atoms with Crippen LogP contribution in [0.15, 0.2) is 29.2 Å². The Morgan fingerprint density at radius 3 is 2.25 bits per heavy atom. The van der Waals surface area contributed by atoms with Crippen molar-refractivity contribution in [1.82, 2.24) is 5.32 Å². The molecule has 0 spiro atoms. The smallest absolute Gasteiger partial charge is 0.307 e. The van der Waals surface area contributed by atoms with Crippen LogP contribution in [0.2, 0.25) is 0 Å². The topological polar surface area (TPSA) is 89.5 Å². The lowest BCUT2D eigenvalue weighted by Crippen LogP contribution is -2.46. The Morgan fingerprint density at radius 2 is 1.75 bits per heavy atom. The zero-order valence-electron chi connectivity index (χ0n) is 14.1. The number of carbonyl (C=O) groups is 2. The number of esters is 1. The highest BCUT2D eigenvalue weighted by atomic mass is 32.2. The predicted octanol–water partition coefficient (Wildman–Crippen LogP) is 1.84. The summed E-state index contributed by atoms with van der Waals surface area (Å²) in [5.74, 6) is -2.29. The maximum Gasteiger partial charge on any atom is 0.307 e. The van der Waals surface area contributed by atoms with Crippen molar-refractivity contribution in [2.24, 2.45) is 0 Å². The molecule has 0 fully saturated rings. The average Bonchev–Trinajstić information content (AvgIpc) is 2.44. The Hall–Kier alpha value is -1.96. The summed E-state index contributed by atoms with van der Waals surface area (Å²) in [4.78, 5) is 23.5. The van der Waals surface area contributed by atoms with Gasteiger partial charge in [-0.05, 0) is 52.0 Å². The van der Waals surface area contributed by atoms with Crippen molar-refractivity contribution in [3.63, 3.8) is 0 Å². The van der Waals surface area contributed by atoms with Crippen LogP contribution in [0.4, 0.5) is 4.39 Å². The summed E-state index contributed by atoms with van der Waals surface area (Å²) in [5.41, 5.74) is -0.469. The summed E-state index contributed by atoms with van der Waals surface area (Å²) >= 11 is 0. The van der Waals surface area contributed by atoms with E-state index in [1.807, 2.05) is 0 Å². The Balaban J connectivity index is 2.56. The lowest BCUT2D eigenvalue weighted by molar-refractivity contribution is -0.154. The first-order chi connectivity index (χ1) is 10.9. The Bertz CT molecular complexity index is 692. The number of carbonyl (C=O) groups excluding carboxylic acids is 2. The number of sulfone groups is 1.